The van der Waals surface area contributed by atoms with E-state index in [9.17, 15) is 4.79 Å². The molecule has 0 amide bonds. The first-order valence-corrected chi connectivity index (χ1v) is 5.88. The Bertz CT molecular complexity index is 644. The van der Waals surface area contributed by atoms with Crippen LogP contribution in [0.5, 0.6) is 0 Å². The maximum atomic E-state index is 10.8. The predicted octanol–water partition coefficient (Wildman–Crippen LogP) is 3.07. The third-order valence-corrected chi connectivity index (χ3v) is 3.09. The monoisotopic (exact) mass is 277 g/mol. The van der Waals surface area contributed by atoms with Crippen molar-refractivity contribution in [2.75, 3.05) is 11.1 Å². The molecule has 19 heavy (non-hydrogen) atoms. The maximum Gasteiger partial charge on any atom is 0.337 e. The molecule has 0 atom stereocenters. The van der Waals surface area contributed by atoms with Gasteiger partial charge in [0.1, 0.15) is 0 Å². The highest BCUT2D eigenvalue weighted by atomic mass is 35.5. The Morgan fingerprint density at radius 1 is 1.47 bits per heavy atom. The van der Waals surface area contributed by atoms with Crippen LogP contribution in [0.3, 0.4) is 0 Å². The highest BCUT2D eigenvalue weighted by Crippen LogP contribution is 2.27. The third-order valence-electron chi connectivity index (χ3n) is 2.68. The molecule has 0 saturated heterocycles. The number of benzene rings is 1. The van der Waals surface area contributed by atoms with E-state index < -0.39 is 5.97 Å². The fourth-order valence-electron chi connectivity index (χ4n) is 1.57. The third kappa shape index (κ3) is 2.77. The van der Waals surface area contributed by atoms with Gasteiger partial charge in [-0.15, -0.1) is 0 Å². The molecule has 1 heterocycles. The lowest BCUT2D eigenvalue weighted by Crippen LogP contribution is -2.04. The molecule has 0 fully saturated rings. The number of aromatic carboxylic acids is 1. The van der Waals surface area contributed by atoms with E-state index in [0.29, 0.717) is 10.8 Å². The second kappa shape index (κ2) is 5.16. The number of pyridine rings is 1. The number of carboxylic acids is 1. The van der Waals surface area contributed by atoms with Gasteiger partial charge in [0, 0.05) is 16.9 Å². The van der Waals surface area contributed by atoms with Crippen molar-refractivity contribution in [2.24, 2.45) is 0 Å². The number of hydrogen-bond acceptors (Lipinski definition) is 4. The van der Waals surface area contributed by atoms with Gasteiger partial charge in [0.25, 0.3) is 0 Å². The van der Waals surface area contributed by atoms with Crippen LogP contribution in [-0.4, -0.2) is 16.1 Å². The van der Waals surface area contributed by atoms with Gasteiger partial charge in [0.15, 0.2) is 5.82 Å². The number of nitrogens with two attached hydrogens (primary N) is 1. The Balaban J connectivity index is 2.34. The molecule has 98 valence electrons. The first kappa shape index (κ1) is 13.2. The zero-order valence-corrected chi connectivity index (χ0v) is 10.9. The molecule has 0 saturated carbocycles. The summed E-state index contributed by atoms with van der Waals surface area (Å²) in [7, 11) is 0. The van der Waals surface area contributed by atoms with E-state index >= 15 is 0 Å². The highest BCUT2D eigenvalue weighted by Gasteiger charge is 2.09. The van der Waals surface area contributed by atoms with Gasteiger partial charge < -0.3 is 16.2 Å². The fraction of sp³-hybridized carbons (Fsp3) is 0.0769. The van der Waals surface area contributed by atoms with Crippen LogP contribution in [0, 0.1) is 6.92 Å². The Morgan fingerprint density at radius 3 is 2.84 bits per heavy atom. The van der Waals surface area contributed by atoms with E-state index in [0.717, 1.165) is 11.3 Å². The average Bonchev–Trinajstić information content (AvgIpc) is 2.37. The topological polar surface area (TPSA) is 88.2 Å². The standard InChI is InChI=1S/C13H12ClN3O2/c1-7-9(14)3-2-4-11(7)17-12-10(15)5-8(6-16-12)13(18)19/h2-6H,15H2,1H3,(H,16,17)(H,18,19). The minimum absolute atomic E-state index is 0.0471. The molecule has 2 rings (SSSR count). The van der Waals surface area contributed by atoms with Crippen molar-refractivity contribution in [1.29, 1.82) is 0 Å². The number of carbonyl (C=O) groups is 1. The van der Waals surface area contributed by atoms with Crippen LogP contribution in [0.15, 0.2) is 30.5 Å². The van der Waals surface area contributed by atoms with E-state index in [4.69, 9.17) is 22.4 Å². The lowest BCUT2D eigenvalue weighted by Gasteiger charge is -2.11. The first-order valence-electron chi connectivity index (χ1n) is 5.50. The largest absolute Gasteiger partial charge is 0.478 e. The normalized spacial score (nSPS) is 10.2. The van der Waals surface area contributed by atoms with Gasteiger partial charge in [-0.1, -0.05) is 17.7 Å². The number of nitrogens with one attached hydrogen (secondary N) is 1. The van der Waals surface area contributed by atoms with E-state index in [2.05, 4.69) is 10.3 Å². The van der Waals surface area contributed by atoms with Gasteiger partial charge in [-0.25, -0.2) is 9.78 Å². The van der Waals surface area contributed by atoms with Gasteiger partial charge >= 0.3 is 5.97 Å². The summed E-state index contributed by atoms with van der Waals surface area (Å²) in [5, 5.41) is 12.5. The molecular weight excluding hydrogens is 266 g/mol. The van der Waals surface area contributed by atoms with Crippen molar-refractivity contribution in [3.8, 4) is 0 Å². The molecule has 1 aromatic carbocycles. The molecule has 0 aliphatic heterocycles. The Labute approximate surface area is 115 Å². The summed E-state index contributed by atoms with van der Waals surface area (Å²) in [6.07, 6.45) is 1.25. The van der Waals surface area contributed by atoms with Crippen LogP contribution in [0.4, 0.5) is 17.2 Å². The minimum atomic E-state index is -1.07. The second-order valence-corrected chi connectivity index (χ2v) is 4.41. The summed E-state index contributed by atoms with van der Waals surface area (Å²) >= 11 is 6.02. The number of nitrogen functional groups attached to an aromatic ring is 1. The van der Waals surface area contributed by atoms with Gasteiger partial charge in [0.05, 0.1) is 11.3 Å². The Morgan fingerprint density at radius 2 is 2.21 bits per heavy atom. The lowest BCUT2D eigenvalue weighted by atomic mass is 10.2. The first-order chi connectivity index (χ1) is 8.99. The molecule has 0 aliphatic carbocycles. The smallest absolute Gasteiger partial charge is 0.337 e. The van der Waals surface area contributed by atoms with Crippen molar-refractivity contribution >= 4 is 34.8 Å². The molecule has 4 N–H and O–H groups in total. The molecule has 0 aliphatic rings. The summed E-state index contributed by atoms with van der Waals surface area (Å²) in [6.45, 7) is 1.87. The van der Waals surface area contributed by atoms with Crippen molar-refractivity contribution in [3.05, 3.63) is 46.6 Å². The molecular formula is C13H12ClN3O2. The highest BCUT2D eigenvalue weighted by molar-refractivity contribution is 6.31. The Hall–Kier alpha value is -2.27. The summed E-state index contributed by atoms with van der Waals surface area (Å²) in [4.78, 5) is 14.8. The van der Waals surface area contributed by atoms with Gasteiger partial charge in [-0.05, 0) is 30.7 Å². The molecule has 1 aromatic heterocycles. The van der Waals surface area contributed by atoms with Crippen molar-refractivity contribution in [3.63, 3.8) is 0 Å². The van der Waals surface area contributed by atoms with Gasteiger partial charge in [-0.2, -0.15) is 0 Å². The molecule has 0 radical (unpaired) electrons. The SMILES string of the molecule is Cc1c(Cl)cccc1Nc1ncc(C(=O)O)cc1N. The van der Waals surface area contributed by atoms with Gasteiger partial charge in [0.2, 0.25) is 0 Å². The minimum Gasteiger partial charge on any atom is -0.478 e. The van der Waals surface area contributed by atoms with Crippen LogP contribution in [-0.2, 0) is 0 Å². The van der Waals surface area contributed by atoms with Gasteiger partial charge in [-0.3, -0.25) is 0 Å². The van der Waals surface area contributed by atoms with Crippen LogP contribution in [0.2, 0.25) is 5.02 Å². The number of rotatable bonds is 3. The zero-order valence-electron chi connectivity index (χ0n) is 10.1. The van der Waals surface area contributed by atoms with Crippen LogP contribution >= 0.6 is 11.6 Å². The van der Waals surface area contributed by atoms with E-state index in [-0.39, 0.29) is 11.3 Å². The number of anilines is 3. The quantitative estimate of drug-likeness (QED) is 0.802. The summed E-state index contributed by atoms with van der Waals surface area (Å²) in [5.74, 6) is -0.667. The fourth-order valence-corrected chi connectivity index (χ4v) is 1.75. The number of carboxylic acid groups (broad SMARTS) is 1. The van der Waals surface area contributed by atoms with E-state index in [1.807, 2.05) is 13.0 Å². The van der Waals surface area contributed by atoms with E-state index in [1.54, 1.807) is 12.1 Å². The number of nitrogens with zero attached hydrogens (tertiary/aromatic N) is 1. The summed E-state index contributed by atoms with van der Waals surface area (Å²) in [6, 6.07) is 6.79. The molecule has 6 heteroatoms. The van der Waals surface area contributed by atoms with Crippen molar-refractivity contribution < 1.29 is 9.90 Å². The summed E-state index contributed by atoms with van der Waals surface area (Å²) in [5.41, 5.74) is 7.73. The summed E-state index contributed by atoms with van der Waals surface area (Å²) < 4.78 is 0. The van der Waals surface area contributed by atoms with Crippen molar-refractivity contribution in [2.45, 2.75) is 6.92 Å². The van der Waals surface area contributed by atoms with Crippen LogP contribution in [0.1, 0.15) is 15.9 Å². The Kier molecular flexibility index (Phi) is 3.57. The number of hydrogen-bond donors (Lipinski definition) is 3. The second-order valence-electron chi connectivity index (χ2n) is 4.00. The maximum absolute atomic E-state index is 10.8. The van der Waals surface area contributed by atoms with Crippen LogP contribution in [0.25, 0.3) is 0 Å². The van der Waals surface area contributed by atoms with Crippen LogP contribution < -0.4 is 11.1 Å². The lowest BCUT2D eigenvalue weighted by molar-refractivity contribution is 0.0696. The molecule has 2 aromatic rings. The predicted molar refractivity (Wildman–Crippen MR) is 75.1 cm³/mol. The molecule has 5 nitrogen and oxygen atoms in total. The van der Waals surface area contributed by atoms with E-state index in [1.165, 1.54) is 12.3 Å². The number of halogens is 1. The molecule has 0 unspecified atom stereocenters. The average molecular weight is 278 g/mol. The van der Waals surface area contributed by atoms with Crippen molar-refractivity contribution in [1.82, 2.24) is 4.98 Å². The zero-order chi connectivity index (χ0) is 14.0. The number of aromatic nitrogens is 1. The molecule has 0 spiro atoms. The molecule has 0 bridgehead atoms.